The first-order valence-corrected chi connectivity index (χ1v) is 6.50. The van der Waals surface area contributed by atoms with E-state index in [1.807, 2.05) is 31.2 Å². The zero-order chi connectivity index (χ0) is 14.4. The van der Waals surface area contributed by atoms with Gasteiger partial charge in [-0.3, -0.25) is 4.79 Å². The summed E-state index contributed by atoms with van der Waals surface area (Å²) in [4.78, 5) is 24.3. The highest BCUT2D eigenvalue weighted by molar-refractivity contribution is 5.83. The number of amides is 1. The summed E-state index contributed by atoms with van der Waals surface area (Å²) in [5, 5.41) is 9.03. The fourth-order valence-corrected chi connectivity index (χ4v) is 2.10. The summed E-state index contributed by atoms with van der Waals surface area (Å²) < 4.78 is 0. The molecule has 19 heavy (non-hydrogen) atoms. The molecule has 0 saturated heterocycles. The molecule has 0 saturated carbocycles. The number of carboxylic acids is 1. The van der Waals surface area contributed by atoms with Crippen LogP contribution in [0.2, 0.25) is 0 Å². The molecule has 1 aromatic carbocycles. The molecule has 1 atom stereocenters. The Labute approximate surface area is 114 Å². The van der Waals surface area contributed by atoms with Gasteiger partial charge in [0.2, 0.25) is 5.91 Å². The second kappa shape index (κ2) is 6.92. The van der Waals surface area contributed by atoms with Crippen molar-refractivity contribution in [3.8, 4) is 0 Å². The minimum absolute atomic E-state index is 0.127. The van der Waals surface area contributed by atoms with Crippen LogP contribution in [0.15, 0.2) is 24.3 Å². The molecule has 0 aliphatic carbocycles. The lowest BCUT2D eigenvalue weighted by molar-refractivity contribution is -0.149. The number of carbonyl (C=O) groups excluding carboxylic acids is 1. The van der Waals surface area contributed by atoms with E-state index in [1.165, 1.54) is 4.90 Å². The van der Waals surface area contributed by atoms with Crippen LogP contribution in [0.25, 0.3) is 0 Å². The summed E-state index contributed by atoms with van der Waals surface area (Å²) in [7, 11) is 1.56. The van der Waals surface area contributed by atoms with Gasteiger partial charge in [0.1, 0.15) is 6.04 Å². The summed E-state index contributed by atoms with van der Waals surface area (Å²) >= 11 is 0. The summed E-state index contributed by atoms with van der Waals surface area (Å²) in [5.41, 5.74) is 2.29. The molecule has 1 rings (SSSR count). The summed E-state index contributed by atoms with van der Waals surface area (Å²) in [6.45, 7) is 3.78. The van der Waals surface area contributed by atoms with Crippen LogP contribution < -0.4 is 0 Å². The van der Waals surface area contributed by atoms with Crippen molar-refractivity contribution in [2.45, 2.75) is 39.2 Å². The van der Waals surface area contributed by atoms with Crippen LogP contribution in [0.5, 0.6) is 0 Å². The number of carboxylic acid groups (broad SMARTS) is 1. The Morgan fingerprint density at radius 2 is 1.95 bits per heavy atom. The van der Waals surface area contributed by atoms with Gasteiger partial charge in [0.05, 0.1) is 0 Å². The van der Waals surface area contributed by atoms with E-state index in [9.17, 15) is 9.59 Å². The molecule has 1 unspecified atom stereocenters. The van der Waals surface area contributed by atoms with Crippen LogP contribution in [0.3, 0.4) is 0 Å². The summed E-state index contributed by atoms with van der Waals surface area (Å²) in [5.74, 6) is -1.08. The van der Waals surface area contributed by atoms with E-state index >= 15 is 0 Å². The van der Waals surface area contributed by atoms with E-state index in [2.05, 4.69) is 0 Å². The number of hydrogen-bond acceptors (Lipinski definition) is 2. The van der Waals surface area contributed by atoms with Gasteiger partial charge in [-0.2, -0.15) is 0 Å². The van der Waals surface area contributed by atoms with Crippen LogP contribution in [-0.4, -0.2) is 35.0 Å². The maximum absolute atomic E-state index is 12.0. The van der Waals surface area contributed by atoms with Crippen molar-refractivity contribution in [1.29, 1.82) is 0 Å². The van der Waals surface area contributed by atoms with Gasteiger partial charge < -0.3 is 10.0 Å². The molecule has 0 heterocycles. The van der Waals surface area contributed by atoms with Crippen molar-refractivity contribution in [1.82, 2.24) is 4.90 Å². The Morgan fingerprint density at radius 1 is 1.32 bits per heavy atom. The number of carbonyl (C=O) groups is 2. The highest BCUT2D eigenvalue weighted by Gasteiger charge is 2.24. The van der Waals surface area contributed by atoms with Gasteiger partial charge >= 0.3 is 5.97 Å². The van der Waals surface area contributed by atoms with Crippen LogP contribution >= 0.6 is 0 Å². The molecule has 4 nitrogen and oxygen atoms in total. The van der Waals surface area contributed by atoms with Gasteiger partial charge in [0.25, 0.3) is 0 Å². The van der Waals surface area contributed by atoms with Gasteiger partial charge in [-0.05, 0) is 30.9 Å². The highest BCUT2D eigenvalue weighted by Crippen LogP contribution is 2.11. The number of aliphatic carboxylic acids is 1. The molecule has 4 heteroatoms. The van der Waals surface area contributed by atoms with Gasteiger partial charge in [0.15, 0.2) is 0 Å². The third-order valence-corrected chi connectivity index (χ3v) is 3.40. The predicted octanol–water partition coefficient (Wildman–Crippen LogP) is 2.25. The lowest BCUT2D eigenvalue weighted by Crippen LogP contribution is -2.42. The fourth-order valence-electron chi connectivity index (χ4n) is 2.10. The van der Waals surface area contributed by atoms with E-state index in [0.29, 0.717) is 19.3 Å². The first kappa shape index (κ1) is 15.2. The molecule has 0 aliphatic rings. The Kier molecular flexibility index (Phi) is 5.55. The number of nitrogens with zero attached hydrogens (tertiary/aromatic N) is 1. The third-order valence-electron chi connectivity index (χ3n) is 3.40. The second-order valence-electron chi connectivity index (χ2n) is 4.69. The Morgan fingerprint density at radius 3 is 2.47 bits per heavy atom. The van der Waals surface area contributed by atoms with Gasteiger partial charge in [-0.25, -0.2) is 4.79 Å². The summed E-state index contributed by atoms with van der Waals surface area (Å²) in [6, 6.07) is 7.18. The Balaban J connectivity index is 2.60. The van der Waals surface area contributed by atoms with Gasteiger partial charge in [0, 0.05) is 13.5 Å². The minimum Gasteiger partial charge on any atom is -0.480 e. The second-order valence-corrected chi connectivity index (χ2v) is 4.69. The standard InChI is InChI=1S/C15H21NO3/c1-4-13(15(18)19)16(3)14(17)10-9-12-8-6-5-7-11(12)2/h5-8,13H,4,9-10H2,1-3H3,(H,18,19). The molecule has 104 valence electrons. The molecule has 0 radical (unpaired) electrons. The molecular formula is C15H21NO3. The average Bonchev–Trinajstić information content (AvgIpc) is 2.37. The van der Waals surface area contributed by atoms with Crippen molar-refractivity contribution >= 4 is 11.9 Å². The highest BCUT2D eigenvalue weighted by atomic mass is 16.4. The first-order valence-electron chi connectivity index (χ1n) is 6.50. The molecule has 1 N–H and O–H groups in total. The lowest BCUT2D eigenvalue weighted by Gasteiger charge is -2.23. The van der Waals surface area contributed by atoms with Crippen molar-refractivity contribution in [3.05, 3.63) is 35.4 Å². The maximum Gasteiger partial charge on any atom is 0.326 e. The number of hydrogen-bond donors (Lipinski definition) is 1. The SMILES string of the molecule is CCC(C(=O)O)N(C)C(=O)CCc1ccccc1C. The average molecular weight is 263 g/mol. The minimum atomic E-state index is -0.950. The lowest BCUT2D eigenvalue weighted by atomic mass is 10.0. The molecule has 1 amide bonds. The molecule has 1 aromatic rings. The largest absolute Gasteiger partial charge is 0.480 e. The topological polar surface area (TPSA) is 57.6 Å². The fraction of sp³-hybridized carbons (Fsp3) is 0.467. The van der Waals surface area contributed by atoms with E-state index in [1.54, 1.807) is 14.0 Å². The normalized spacial score (nSPS) is 11.9. The van der Waals surface area contributed by atoms with Crippen molar-refractivity contribution in [2.24, 2.45) is 0 Å². The molecule has 0 bridgehead atoms. The summed E-state index contributed by atoms with van der Waals surface area (Å²) in [6.07, 6.45) is 1.40. The molecule has 0 aromatic heterocycles. The van der Waals surface area contributed by atoms with Crippen LogP contribution in [0, 0.1) is 6.92 Å². The molecular weight excluding hydrogens is 242 g/mol. The van der Waals surface area contributed by atoms with Gasteiger partial charge in [-0.1, -0.05) is 31.2 Å². The number of benzene rings is 1. The van der Waals surface area contributed by atoms with Crippen molar-refractivity contribution in [3.63, 3.8) is 0 Å². The number of aryl methyl sites for hydroxylation is 2. The zero-order valence-electron chi connectivity index (χ0n) is 11.7. The van der Waals surface area contributed by atoms with Crippen molar-refractivity contribution in [2.75, 3.05) is 7.05 Å². The first-order chi connectivity index (χ1) is 8.97. The zero-order valence-corrected chi connectivity index (χ0v) is 11.7. The quantitative estimate of drug-likeness (QED) is 0.856. The predicted molar refractivity (Wildman–Crippen MR) is 74.0 cm³/mol. The van der Waals surface area contributed by atoms with Crippen molar-refractivity contribution < 1.29 is 14.7 Å². The van der Waals surface area contributed by atoms with E-state index in [0.717, 1.165) is 11.1 Å². The monoisotopic (exact) mass is 263 g/mol. The van der Waals surface area contributed by atoms with Crippen LogP contribution in [-0.2, 0) is 16.0 Å². The number of likely N-dealkylation sites (N-methyl/N-ethyl adjacent to an activating group) is 1. The maximum atomic E-state index is 12.0. The van der Waals surface area contributed by atoms with E-state index in [4.69, 9.17) is 5.11 Å². The Hall–Kier alpha value is -1.84. The smallest absolute Gasteiger partial charge is 0.326 e. The van der Waals surface area contributed by atoms with E-state index in [-0.39, 0.29) is 5.91 Å². The molecule has 0 fully saturated rings. The van der Waals surface area contributed by atoms with E-state index < -0.39 is 12.0 Å². The number of rotatable bonds is 6. The van der Waals surface area contributed by atoms with Crippen LogP contribution in [0.1, 0.15) is 30.9 Å². The molecule has 0 spiro atoms. The Bertz CT molecular complexity index is 456. The van der Waals surface area contributed by atoms with Gasteiger partial charge in [-0.15, -0.1) is 0 Å². The molecule has 0 aliphatic heterocycles. The van der Waals surface area contributed by atoms with Crippen LogP contribution in [0.4, 0.5) is 0 Å². The third kappa shape index (κ3) is 4.09.